The summed E-state index contributed by atoms with van der Waals surface area (Å²) in [6.45, 7) is 0. The van der Waals surface area contributed by atoms with E-state index in [0.29, 0.717) is 0 Å². The normalized spacial score (nSPS) is 11.1. The molecule has 1 heterocycles. The van der Waals surface area contributed by atoms with E-state index in [9.17, 15) is 22.8 Å². The average Bonchev–Trinajstić information content (AvgIpc) is 2.53. The molecule has 2 rings (SSSR count). The molecule has 2 aromatic rings. The van der Waals surface area contributed by atoms with Gasteiger partial charge in [-0.25, -0.2) is 0 Å². The number of hydrogen-bond donors (Lipinski definition) is 2. The van der Waals surface area contributed by atoms with Crippen LogP contribution >= 0.6 is 15.9 Å². The zero-order valence-corrected chi connectivity index (χ0v) is 14.2. The Morgan fingerprint density at radius 2 is 1.96 bits per heavy atom. The number of benzene rings is 1. The van der Waals surface area contributed by atoms with Crippen molar-refractivity contribution >= 4 is 33.4 Å². The van der Waals surface area contributed by atoms with Crippen molar-refractivity contribution in [3.05, 3.63) is 51.8 Å². The highest BCUT2D eigenvalue weighted by Crippen LogP contribution is 2.41. The molecule has 10 heteroatoms. The van der Waals surface area contributed by atoms with Crippen LogP contribution in [0.1, 0.15) is 26.4 Å². The number of carbonyl (C=O) groups is 2. The number of primary amides is 1. The van der Waals surface area contributed by atoms with Crippen LogP contribution in [0, 0.1) is 0 Å². The lowest BCUT2D eigenvalue weighted by Gasteiger charge is -2.17. The van der Waals surface area contributed by atoms with Crippen molar-refractivity contribution in [2.24, 2.45) is 5.73 Å². The van der Waals surface area contributed by atoms with Crippen molar-refractivity contribution in [1.29, 1.82) is 0 Å². The molecule has 0 saturated heterocycles. The molecule has 0 radical (unpaired) electrons. The first kappa shape index (κ1) is 18.7. The summed E-state index contributed by atoms with van der Waals surface area (Å²) >= 11 is 3.05. The summed E-state index contributed by atoms with van der Waals surface area (Å²) in [6, 6.07) is 4.46. The summed E-state index contributed by atoms with van der Waals surface area (Å²) in [7, 11) is 1.03. The monoisotopic (exact) mass is 417 g/mol. The fourth-order valence-electron chi connectivity index (χ4n) is 2.04. The summed E-state index contributed by atoms with van der Waals surface area (Å²) in [5.41, 5.74) is 3.71. The number of rotatable bonds is 4. The predicted octanol–water partition coefficient (Wildman–Crippen LogP) is 3.22. The molecule has 0 aliphatic rings. The topological polar surface area (TPSA) is 94.3 Å². The first-order valence-electron chi connectivity index (χ1n) is 6.66. The van der Waals surface area contributed by atoms with Crippen LogP contribution in [0.4, 0.5) is 18.9 Å². The van der Waals surface area contributed by atoms with Crippen molar-refractivity contribution in [3.8, 4) is 5.75 Å². The van der Waals surface area contributed by atoms with Crippen molar-refractivity contribution < 1.29 is 27.5 Å². The predicted molar refractivity (Wildman–Crippen MR) is 86.4 cm³/mol. The Balaban J connectivity index is 2.46. The molecule has 6 nitrogen and oxygen atoms in total. The number of amides is 2. The third-order valence-electron chi connectivity index (χ3n) is 3.11. The molecule has 2 amide bonds. The molecule has 0 unspecified atom stereocenters. The van der Waals surface area contributed by atoms with Crippen molar-refractivity contribution in [2.45, 2.75) is 6.18 Å². The summed E-state index contributed by atoms with van der Waals surface area (Å²) in [5.74, 6) is -2.30. The first-order chi connectivity index (χ1) is 11.6. The van der Waals surface area contributed by atoms with Gasteiger partial charge in [0.25, 0.3) is 11.8 Å². The van der Waals surface area contributed by atoms with Gasteiger partial charge < -0.3 is 15.8 Å². The molecule has 3 N–H and O–H groups in total. The van der Waals surface area contributed by atoms with E-state index in [1.165, 1.54) is 18.3 Å². The van der Waals surface area contributed by atoms with E-state index in [0.717, 1.165) is 19.2 Å². The summed E-state index contributed by atoms with van der Waals surface area (Å²) in [5, 5.41) is 2.38. The number of hydrogen-bond acceptors (Lipinski definition) is 4. The van der Waals surface area contributed by atoms with Gasteiger partial charge in [-0.1, -0.05) is 0 Å². The zero-order chi connectivity index (χ0) is 18.8. The SMILES string of the molecule is COc1c(C(F)(F)F)ccc(Br)c1C(=O)Nc1ccnc(C(N)=O)c1. The largest absolute Gasteiger partial charge is 0.495 e. The number of carbonyl (C=O) groups excluding carboxylic acids is 2. The molecule has 0 bridgehead atoms. The minimum absolute atomic E-state index is 0.104. The van der Waals surface area contributed by atoms with E-state index in [1.807, 2.05) is 0 Å². The van der Waals surface area contributed by atoms with Gasteiger partial charge in [0.1, 0.15) is 11.4 Å². The van der Waals surface area contributed by atoms with E-state index in [4.69, 9.17) is 10.5 Å². The first-order valence-corrected chi connectivity index (χ1v) is 7.45. The summed E-state index contributed by atoms with van der Waals surface area (Å²) < 4.78 is 44.2. The number of nitrogens with one attached hydrogen (secondary N) is 1. The fraction of sp³-hybridized carbons (Fsp3) is 0.133. The molecule has 0 fully saturated rings. The lowest BCUT2D eigenvalue weighted by atomic mass is 10.1. The molecule has 0 atom stereocenters. The molecule has 0 saturated carbocycles. The number of ether oxygens (including phenoxy) is 1. The number of methoxy groups -OCH3 is 1. The number of nitrogens with zero attached hydrogens (tertiary/aromatic N) is 1. The van der Waals surface area contributed by atoms with Crippen LogP contribution in [0.15, 0.2) is 34.9 Å². The maximum absolute atomic E-state index is 13.1. The van der Waals surface area contributed by atoms with Gasteiger partial charge in [0.15, 0.2) is 0 Å². The summed E-state index contributed by atoms with van der Waals surface area (Å²) in [6.07, 6.45) is -3.47. The van der Waals surface area contributed by atoms with Crippen molar-refractivity contribution in [3.63, 3.8) is 0 Å². The minimum atomic E-state index is -4.70. The van der Waals surface area contributed by atoms with Crippen molar-refractivity contribution in [1.82, 2.24) is 4.98 Å². The highest BCUT2D eigenvalue weighted by molar-refractivity contribution is 9.10. The number of halogens is 4. The number of anilines is 1. The van der Waals surface area contributed by atoms with Gasteiger partial charge >= 0.3 is 6.18 Å². The smallest absolute Gasteiger partial charge is 0.419 e. The molecular weight excluding hydrogens is 407 g/mol. The lowest BCUT2D eigenvalue weighted by Crippen LogP contribution is -2.18. The van der Waals surface area contributed by atoms with E-state index in [1.54, 1.807) is 0 Å². The molecule has 25 heavy (non-hydrogen) atoms. The van der Waals surface area contributed by atoms with Gasteiger partial charge in [-0.15, -0.1) is 0 Å². The van der Waals surface area contributed by atoms with Gasteiger partial charge in [-0.05, 0) is 40.2 Å². The molecular formula is C15H11BrF3N3O3. The Morgan fingerprint density at radius 1 is 1.28 bits per heavy atom. The molecule has 0 spiro atoms. The van der Waals surface area contributed by atoms with Gasteiger partial charge in [-0.3, -0.25) is 14.6 Å². The second-order valence-corrected chi connectivity index (χ2v) is 5.60. The van der Waals surface area contributed by atoms with E-state index in [2.05, 4.69) is 26.2 Å². The highest BCUT2D eigenvalue weighted by Gasteiger charge is 2.37. The molecule has 0 aliphatic carbocycles. The third-order valence-corrected chi connectivity index (χ3v) is 3.77. The standard InChI is InChI=1S/C15H11BrF3N3O3/c1-25-12-8(15(17,18)19)2-3-9(16)11(12)14(24)22-7-4-5-21-10(6-7)13(20)23/h2-6H,1H3,(H2,20,23)(H,21,22,24). The van der Waals surface area contributed by atoms with Crippen molar-refractivity contribution in [2.75, 3.05) is 12.4 Å². The second-order valence-electron chi connectivity index (χ2n) is 4.75. The van der Waals surface area contributed by atoms with Gasteiger partial charge in [0, 0.05) is 16.4 Å². The van der Waals surface area contributed by atoms with Gasteiger partial charge in [0.2, 0.25) is 0 Å². The minimum Gasteiger partial charge on any atom is -0.495 e. The lowest BCUT2D eigenvalue weighted by molar-refractivity contribution is -0.138. The maximum Gasteiger partial charge on any atom is 0.419 e. The van der Waals surface area contributed by atoms with E-state index < -0.39 is 29.3 Å². The van der Waals surface area contributed by atoms with Crippen LogP contribution in [0.25, 0.3) is 0 Å². The van der Waals surface area contributed by atoms with Crippen LogP contribution in [-0.2, 0) is 6.18 Å². The number of alkyl halides is 3. The Bertz CT molecular complexity index is 841. The van der Waals surface area contributed by atoms with Gasteiger partial charge in [0.05, 0.1) is 18.2 Å². The maximum atomic E-state index is 13.1. The number of aromatic nitrogens is 1. The van der Waals surface area contributed by atoms with Crippen LogP contribution in [-0.4, -0.2) is 23.9 Å². The van der Waals surface area contributed by atoms with E-state index in [-0.39, 0.29) is 21.4 Å². The third kappa shape index (κ3) is 4.08. The Labute approximate surface area is 148 Å². The molecule has 132 valence electrons. The van der Waals surface area contributed by atoms with Gasteiger partial charge in [-0.2, -0.15) is 13.2 Å². The van der Waals surface area contributed by atoms with Crippen LogP contribution in [0.5, 0.6) is 5.75 Å². The Kier molecular flexibility index (Phi) is 5.31. The molecule has 0 aliphatic heterocycles. The number of pyridine rings is 1. The quantitative estimate of drug-likeness (QED) is 0.798. The Morgan fingerprint density at radius 3 is 2.52 bits per heavy atom. The average molecular weight is 418 g/mol. The number of nitrogens with two attached hydrogens (primary N) is 1. The highest BCUT2D eigenvalue weighted by atomic mass is 79.9. The van der Waals surface area contributed by atoms with Crippen LogP contribution < -0.4 is 15.8 Å². The zero-order valence-electron chi connectivity index (χ0n) is 12.6. The van der Waals surface area contributed by atoms with E-state index >= 15 is 0 Å². The molecule has 1 aromatic heterocycles. The summed E-state index contributed by atoms with van der Waals surface area (Å²) in [4.78, 5) is 27.3. The van der Waals surface area contributed by atoms with Crippen LogP contribution in [0.3, 0.4) is 0 Å². The molecule has 1 aromatic carbocycles. The second kappa shape index (κ2) is 7.09. The Hall–Kier alpha value is -2.62. The fourth-order valence-corrected chi connectivity index (χ4v) is 2.53. The van der Waals surface area contributed by atoms with Crippen LogP contribution in [0.2, 0.25) is 0 Å².